The first kappa shape index (κ1) is 12.8. The van der Waals surface area contributed by atoms with Crippen molar-refractivity contribution in [1.29, 1.82) is 0 Å². The molecule has 5 nitrogen and oxygen atoms in total. The lowest BCUT2D eigenvalue weighted by atomic mass is 9.89. The molecule has 1 fully saturated rings. The number of nitrogens with zero attached hydrogens (tertiary/aromatic N) is 2. The number of hydrogen-bond acceptors (Lipinski definition) is 4. The van der Waals surface area contributed by atoms with Crippen molar-refractivity contribution in [2.75, 3.05) is 18.0 Å². The third kappa shape index (κ3) is 2.31. The highest BCUT2D eigenvalue weighted by atomic mass is 16.3. The van der Waals surface area contributed by atoms with Gasteiger partial charge >= 0.3 is 0 Å². The lowest BCUT2D eigenvalue weighted by molar-refractivity contribution is -0.125. The number of amides is 1. The van der Waals surface area contributed by atoms with Crippen molar-refractivity contribution >= 4 is 11.6 Å². The van der Waals surface area contributed by atoms with Gasteiger partial charge in [-0.05, 0) is 32.4 Å². The molecule has 1 aliphatic heterocycles. The third-order valence-electron chi connectivity index (χ3n) is 3.63. The Labute approximate surface area is 107 Å². The summed E-state index contributed by atoms with van der Waals surface area (Å²) >= 11 is 0. The Morgan fingerprint density at radius 3 is 2.78 bits per heavy atom. The highest BCUT2D eigenvalue weighted by Crippen LogP contribution is 2.32. The Bertz CT molecular complexity index is 444. The molecule has 2 rings (SSSR count). The number of aliphatic hydroxyl groups is 1. The number of pyridine rings is 1. The van der Waals surface area contributed by atoms with Crippen LogP contribution >= 0.6 is 0 Å². The minimum Gasteiger partial charge on any atom is -0.387 e. The van der Waals surface area contributed by atoms with Gasteiger partial charge in [-0.3, -0.25) is 9.78 Å². The minimum absolute atomic E-state index is 0.251. The molecule has 0 aliphatic carbocycles. The van der Waals surface area contributed by atoms with E-state index in [1.54, 1.807) is 19.2 Å². The quantitative estimate of drug-likeness (QED) is 0.831. The van der Waals surface area contributed by atoms with Gasteiger partial charge in [0.2, 0.25) is 5.91 Å². The fraction of sp³-hybridized carbons (Fsp3) is 0.538. The van der Waals surface area contributed by atoms with Crippen molar-refractivity contribution in [2.24, 2.45) is 11.1 Å². The minimum atomic E-state index is -0.562. The van der Waals surface area contributed by atoms with Crippen molar-refractivity contribution in [2.45, 2.75) is 26.4 Å². The van der Waals surface area contributed by atoms with E-state index in [0.29, 0.717) is 12.2 Å². The highest BCUT2D eigenvalue weighted by molar-refractivity contribution is 5.82. The Balaban J connectivity index is 2.12. The number of carbonyl (C=O) groups excluding carboxylic acids is 1. The normalized spacial score (nSPS) is 25.2. The lowest BCUT2D eigenvalue weighted by Crippen LogP contribution is -2.37. The van der Waals surface area contributed by atoms with Crippen LogP contribution in [0.3, 0.4) is 0 Å². The van der Waals surface area contributed by atoms with Crippen LogP contribution in [0.2, 0.25) is 0 Å². The molecule has 1 aromatic rings. The summed E-state index contributed by atoms with van der Waals surface area (Å²) < 4.78 is 0. The van der Waals surface area contributed by atoms with E-state index in [1.165, 1.54) is 0 Å². The average Bonchev–Trinajstić information content (AvgIpc) is 2.73. The molecule has 1 amide bonds. The molecule has 2 heterocycles. The molecule has 0 radical (unpaired) electrons. The van der Waals surface area contributed by atoms with Crippen LogP contribution in [0.1, 0.15) is 32.1 Å². The predicted octanol–water partition coefficient (Wildman–Crippen LogP) is 0.837. The number of rotatable bonds is 3. The van der Waals surface area contributed by atoms with Gasteiger partial charge in [-0.15, -0.1) is 0 Å². The summed E-state index contributed by atoms with van der Waals surface area (Å²) in [7, 11) is 0. The number of aliphatic hydroxyl groups excluding tert-OH is 1. The Kier molecular flexibility index (Phi) is 3.26. The van der Waals surface area contributed by atoms with Crippen LogP contribution in [0, 0.1) is 5.41 Å². The summed E-state index contributed by atoms with van der Waals surface area (Å²) in [5, 5.41) is 9.40. The summed E-state index contributed by atoms with van der Waals surface area (Å²) in [6.45, 7) is 5.00. The van der Waals surface area contributed by atoms with Gasteiger partial charge in [0.15, 0.2) is 0 Å². The molecule has 0 bridgehead atoms. The van der Waals surface area contributed by atoms with Crippen LogP contribution in [0.25, 0.3) is 0 Å². The van der Waals surface area contributed by atoms with Gasteiger partial charge in [-0.25, -0.2) is 0 Å². The van der Waals surface area contributed by atoms with Gasteiger partial charge in [-0.1, -0.05) is 0 Å². The van der Waals surface area contributed by atoms with E-state index < -0.39 is 11.5 Å². The van der Waals surface area contributed by atoms with Gasteiger partial charge in [0.25, 0.3) is 0 Å². The van der Waals surface area contributed by atoms with E-state index in [2.05, 4.69) is 9.88 Å². The molecule has 3 N–H and O–H groups in total. The number of anilines is 1. The number of primary amides is 1. The van der Waals surface area contributed by atoms with Crippen molar-refractivity contribution in [3.63, 3.8) is 0 Å². The molecule has 1 saturated heterocycles. The van der Waals surface area contributed by atoms with Crippen molar-refractivity contribution < 1.29 is 9.90 Å². The Morgan fingerprint density at radius 2 is 2.33 bits per heavy atom. The van der Waals surface area contributed by atoms with E-state index in [-0.39, 0.29) is 5.91 Å². The number of hydrogen-bond donors (Lipinski definition) is 2. The second-order valence-electron chi connectivity index (χ2n) is 5.21. The summed E-state index contributed by atoms with van der Waals surface area (Å²) in [5.74, 6) is -0.251. The van der Waals surface area contributed by atoms with E-state index in [0.717, 1.165) is 18.7 Å². The first-order chi connectivity index (χ1) is 8.42. The average molecular weight is 249 g/mol. The zero-order chi connectivity index (χ0) is 13.3. The molecular weight excluding hydrogens is 230 g/mol. The number of carbonyl (C=O) groups is 1. The maximum atomic E-state index is 11.4. The number of aromatic nitrogens is 1. The third-order valence-corrected chi connectivity index (χ3v) is 3.63. The molecule has 0 aromatic carbocycles. The van der Waals surface area contributed by atoms with Gasteiger partial charge in [-0.2, -0.15) is 0 Å². The molecule has 2 unspecified atom stereocenters. The summed E-state index contributed by atoms with van der Waals surface area (Å²) in [4.78, 5) is 17.7. The van der Waals surface area contributed by atoms with Crippen LogP contribution in [0.4, 0.5) is 5.69 Å². The van der Waals surface area contributed by atoms with Crippen molar-refractivity contribution in [3.8, 4) is 0 Å². The highest BCUT2D eigenvalue weighted by Gasteiger charge is 2.38. The summed E-state index contributed by atoms with van der Waals surface area (Å²) in [6, 6.07) is 3.72. The second-order valence-corrected chi connectivity index (χ2v) is 5.21. The summed E-state index contributed by atoms with van der Waals surface area (Å²) in [6.07, 6.45) is 1.93. The van der Waals surface area contributed by atoms with E-state index in [9.17, 15) is 9.90 Å². The van der Waals surface area contributed by atoms with E-state index in [1.807, 2.05) is 13.0 Å². The second kappa shape index (κ2) is 4.57. The maximum Gasteiger partial charge on any atom is 0.225 e. The zero-order valence-corrected chi connectivity index (χ0v) is 10.8. The van der Waals surface area contributed by atoms with Crippen molar-refractivity contribution in [1.82, 2.24) is 4.98 Å². The fourth-order valence-corrected chi connectivity index (χ4v) is 2.21. The molecular formula is C13H19N3O2. The van der Waals surface area contributed by atoms with Gasteiger partial charge in [0, 0.05) is 13.1 Å². The first-order valence-electron chi connectivity index (χ1n) is 6.11. The standard InChI is InChI=1S/C13H19N3O2/c1-9(17)11-4-3-10(7-15-11)16-6-5-13(2,8-16)12(14)18/h3-4,7,9,17H,5-6,8H2,1-2H3,(H2,14,18). The fourth-order valence-electron chi connectivity index (χ4n) is 2.21. The van der Waals surface area contributed by atoms with Crippen molar-refractivity contribution in [3.05, 3.63) is 24.0 Å². The molecule has 0 spiro atoms. The van der Waals surface area contributed by atoms with Gasteiger partial charge in [0.05, 0.1) is 29.1 Å². The molecule has 2 atom stereocenters. The van der Waals surface area contributed by atoms with E-state index in [4.69, 9.17) is 5.73 Å². The van der Waals surface area contributed by atoms with Crippen LogP contribution in [0.5, 0.6) is 0 Å². The van der Waals surface area contributed by atoms with Gasteiger partial charge < -0.3 is 15.7 Å². The van der Waals surface area contributed by atoms with Crippen LogP contribution in [-0.4, -0.2) is 29.1 Å². The molecule has 1 aliphatic rings. The summed E-state index contributed by atoms with van der Waals surface area (Å²) in [5.41, 5.74) is 6.58. The first-order valence-corrected chi connectivity index (χ1v) is 6.11. The maximum absolute atomic E-state index is 11.4. The molecule has 5 heteroatoms. The van der Waals surface area contributed by atoms with Crippen LogP contribution in [0.15, 0.2) is 18.3 Å². The smallest absolute Gasteiger partial charge is 0.225 e. The molecule has 98 valence electrons. The molecule has 18 heavy (non-hydrogen) atoms. The number of nitrogens with two attached hydrogens (primary N) is 1. The zero-order valence-electron chi connectivity index (χ0n) is 10.8. The van der Waals surface area contributed by atoms with Crippen LogP contribution in [-0.2, 0) is 4.79 Å². The lowest BCUT2D eigenvalue weighted by Gasteiger charge is -2.22. The monoisotopic (exact) mass is 249 g/mol. The topological polar surface area (TPSA) is 79.5 Å². The SMILES string of the molecule is CC(O)c1ccc(N2CCC(C)(C(N)=O)C2)cn1. The Morgan fingerprint density at radius 1 is 1.61 bits per heavy atom. The van der Waals surface area contributed by atoms with E-state index >= 15 is 0 Å². The van der Waals surface area contributed by atoms with Crippen LogP contribution < -0.4 is 10.6 Å². The van der Waals surface area contributed by atoms with Gasteiger partial charge in [0.1, 0.15) is 0 Å². The predicted molar refractivity (Wildman–Crippen MR) is 69.0 cm³/mol. The molecule has 0 saturated carbocycles. The Hall–Kier alpha value is -1.62. The molecule has 1 aromatic heterocycles. The largest absolute Gasteiger partial charge is 0.387 e.